The number of aromatic nitrogens is 3. The number of imidazole rings is 1. The first-order valence-electron chi connectivity index (χ1n) is 17.1. The van der Waals surface area contributed by atoms with Gasteiger partial charge in [0, 0.05) is 25.2 Å². The van der Waals surface area contributed by atoms with Crippen molar-refractivity contribution in [3.05, 3.63) is 179 Å². The fourth-order valence-corrected chi connectivity index (χ4v) is 6.56. The monoisotopic (exact) mass is 666 g/mol. The predicted octanol–water partition coefficient (Wildman–Crippen LogP) is 9.54. The lowest BCUT2D eigenvalue weighted by Gasteiger charge is -2.39. The third-order valence-electron chi connectivity index (χ3n) is 9.51. The molecule has 1 N–H and O–H groups in total. The first kappa shape index (κ1) is 34.3. The predicted molar refractivity (Wildman–Crippen MR) is 196 cm³/mol. The highest BCUT2D eigenvalue weighted by molar-refractivity contribution is 5.67. The number of nitrogens with one attached hydrogen (secondary N) is 1. The number of pyridine rings is 1. The molecule has 4 aromatic carbocycles. The Morgan fingerprint density at radius 1 is 0.820 bits per heavy atom. The molecule has 6 rings (SSSR count). The zero-order chi connectivity index (χ0) is 35.1. The Bertz CT molecular complexity index is 1900. The summed E-state index contributed by atoms with van der Waals surface area (Å²) in [6, 6.07) is 42.3. The Balaban J connectivity index is 1.55. The van der Waals surface area contributed by atoms with E-state index in [0.29, 0.717) is 12.1 Å². The van der Waals surface area contributed by atoms with E-state index in [1.807, 2.05) is 42.5 Å². The van der Waals surface area contributed by atoms with Gasteiger partial charge in [-0.1, -0.05) is 142 Å². The second-order valence-corrected chi connectivity index (χ2v) is 13.4. The summed E-state index contributed by atoms with van der Waals surface area (Å²) in [5.41, 5.74) is 5.72. The van der Waals surface area contributed by atoms with E-state index in [2.05, 4.69) is 115 Å². The van der Waals surface area contributed by atoms with E-state index in [1.54, 1.807) is 13.1 Å². The number of benzene rings is 4. The van der Waals surface area contributed by atoms with Gasteiger partial charge in [0.05, 0.1) is 17.6 Å². The summed E-state index contributed by atoms with van der Waals surface area (Å²) >= 11 is 0. The molecule has 2 heterocycles. The number of nitrogens with zero attached hydrogens (tertiary/aromatic N) is 3. The van der Waals surface area contributed by atoms with Crippen molar-refractivity contribution in [1.82, 2.24) is 19.9 Å². The SMILES string of the molecule is CCC(C)(C)Cc1cn(C(c2ccccc2)(c2ccccc2)c2ccccc2)c(CC(OC(=O)NC)c2ccc(-c3ccc(F)cn3)cc2)n1. The van der Waals surface area contributed by atoms with Crippen LogP contribution in [0.3, 0.4) is 0 Å². The van der Waals surface area contributed by atoms with Crippen molar-refractivity contribution in [3.63, 3.8) is 0 Å². The van der Waals surface area contributed by atoms with Gasteiger partial charge in [0.2, 0.25) is 0 Å². The highest BCUT2D eigenvalue weighted by Gasteiger charge is 2.41. The van der Waals surface area contributed by atoms with Gasteiger partial charge in [-0.15, -0.1) is 0 Å². The van der Waals surface area contributed by atoms with Crippen molar-refractivity contribution in [1.29, 1.82) is 0 Å². The molecule has 0 aliphatic heterocycles. The molecule has 1 atom stereocenters. The molecule has 2 aromatic heterocycles. The summed E-state index contributed by atoms with van der Waals surface area (Å²) in [6.07, 6.45) is 4.27. The van der Waals surface area contributed by atoms with Crippen LogP contribution in [0.2, 0.25) is 0 Å². The maximum atomic E-state index is 13.6. The van der Waals surface area contributed by atoms with Crippen LogP contribution in [0.4, 0.5) is 9.18 Å². The van der Waals surface area contributed by atoms with Gasteiger partial charge in [-0.05, 0) is 46.2 Å². The fourth-order valence-electron chi connectivity index (χ4n) is 6.56. The Kier molecular flexibility index (Phi) is 10.2. The molecule has 6 nitrogen and oxygen atoms in total. The number of carbonyl (C=O) groups is 1. The average molecular weight is 667 g/mol. The van der Waals surface area contributed by atoms with Crippen molar-refractivity contribution in [2.24, 2.45) is 5.41 Å². The molecule has 0 bridgehead atoms. The van der Waals surface area contributed by atoms with Crippen LogP contribution in [0.5, 0.6) is 0 Å². The standard InChI is InChI=1S/C43H43FN4O2/c1-5-42(2,3)28-37-30-48(43(33-15-9-6-10-16-33,34-17-11-7-12-18-34)35-19-13-8-14-20-35)40(47-37)27-39(50-41(49)45-4)32-23-21-31(22-24-32)38-26-25-36(44)29-46-38/h6-26,29-30,39H,5,27-28H2,1-4H3,(H,45,49). The number of amides is 1. The number of halogens is 1. The summed E-state index contributed by atoms with van der Waals surface area (Å²) in [6.45, 7) is 6.73. The lowest BCUT2D eigenvalue weighted by Crippen LogP contribution is -2.39. The minimum absolute atomic E-state index is 0.0214. The van der Waals surface area contributed by atoms with Gasteiger partial charge < -0.3 is 14.6 Å². The van der Waals surface area contributed by atoms with Crippen LogP contribution < -0.4 is 5.32 Å². The minimum Gasteiger partial charge on any atom is -0.441 e. The molecular weight excluding hydrogens is 623 g/mol. The number of alkyl carbamates (subject to hydrolysis) is 1. The van der Waals surface area contributed by atoms with Crippen molar-refractivity contribution < 1.29 is 13.9 Å². The molecule has 50 heavy (non-hydrogen) atoms. The normalized spacial score (nSPS) is 12.3. The zero-order valence-corrected chi connectivity index (χ0v) is 29.0. The lowest BCUT2D eigenvalue weighted by molar-refractivity contribution is 0.0974. The Hall–Kier alpha value is -5.56. The van der Waals surface area contributed by atoms with E-state index in [4.69, 9.17) is 9.72 Å². The van der Waals surface area contributed by atoms with Crippen LogP contribution in [-0.2, 0) is 23.1 Å². The highest BCUT2D eigenvalue weighted by atomic mass is 19.1. The van der Waals surface area contributed by atoms with Crippen LogP contribution in [-0.4, -0.2) is 27.7 Å². The summed E-state index contributed by atoms with van der Waals surface area (Å²) in [5, 5.41) is 2.63. The molecule has 1 amide bonds. The van der Waals surface area contributed by atoms with Gasteiger partial charge >= 0.3 is 6.09 Å². The highest BCUT2D eigenvalue weighted by Crippen LogP contribution is 2.43. The van der Waals surface area contributed by atoms with Crippen molar-refractivity contribution >= 4 is 6.09 Å². The van der Waals surface area contributed by atoms with E-state index >= 15 is 0 Å². The van der Waals surface area contributed by atoms with Gasteiger partial charge in [-0.2, -0.15) is 0 Å². The number of ether oxygens (including phenoxy) is 1. The number of rotatable bonds is 12. The molecule has 0 spiro atoms. The third-order valence-corrected chi connectivity index (χ3v) is 9.51. The first-order valence-corrected chi connectivity index (χ1v) is 17.1. The van der Waals surface area contributed by atoms with E-state index < -0.39 is 17.7 Å². The Labute approximate surface area is 294 Å². The molecule has 0 fully saturated rings. The van der Waals surface area contributed by atoms with Crippen LogP contribution in [0.1, 0.15) is 67.1 Å². The van der Waals surface area contributed by atoms with Crippen molar-refractivity contribution in [2.45, 2.75) is 51.7 Å². The van der Waals surface area contributed by atoms with Gasteiger partial charge in [0.25, 0.3) is 0 Å². The van der Waals surface area contributed by atoms with Crippen LogP contribution in [0, 0.1) is 11.2 Å². The first-order chi connectivity index (χ1) is 24.2. The molecular formula is C43H43FN4O2. The van der Waals surface area contributed by atoms with Crippen LogP contribution >= 0.6 is 0 Å². The van der Waals surface area contributed by atoms with Crippen molar-refractivity contribution in [2.75, 3.05) is 7.05 Å². The third kappa shape index (κ3) is 7.22. The fraction of sp³-hybridized carbons (Fsp3) is 0.233. The molecule has 7 heteroatoms. The Morgan fingerprint density at radius 2 is 1.38 bits per heavy atom. The largest absolute Gasteiger partial charge is 0.441 e. The summed E-state index contributed by atoms with van der Waals surface area (Å²) in [4.78, 5) is 22.5. The second kappa shape index (κ2) is 14.9. The molecule has 254 valence electrons. The second-order valence-electron chi connectivity index (χ2n) is 13.4. The van der Waals surface area contributed by atoms with Crippen molar-refractivity contribution in [3.8, 4) is 11.3 Å². The molecule has 0 radical (unpaired) electrons. The number of hydrogen-bond donors (Lipinski definition) is 1. The summed E-state index contributed by atoms with van der Waals surface area (Å²) in [5.74, 6) is 0.390. The number of hydrogen-bond acceptors (Lipinski definition) is 4. The van der Waals surface area contributed by atoms with E-state index in [-0.39, 0.29) is 11.2 Å². The van der Waals surface area contributed by atoms with E-state index in [0.717, 1.165) is 52.2 Å². The van der Waals surface area contributed by atoms with Gasteiger partial charge in [-0.25, -0.2) is 14.2 Å². The van der Waals surface area contributed by atoms with Crippen LogP contribution in [0.15, 0.2) is 140 Å². The quantitative estimate of drug-likeness (QED) is 0.132. The molecule has 0 saturated carbocycles. The maximum absolute atomic E-state index is 13.6. The number of carbonyl (C=O) groups excluding carboxylic acids is 1. The van der Waals surface area contributed by atoms with E-state index in [1.165, 1.54) is 12.3 Å². The molecule has 1 unspecified atom stereocenters. The lowest BCUT2D eigenvalue weighted by atomic mass is 9.76. The maximum Gasteiger partial charge on any atom is 0.407 e. The smallest absolute Gasteiger partial charge is 0.407 e. The Morgan fingerprint density at radius 3 is 1.86 bits per heavy atom. The van der Waals surface area contributed by atoms with Crippen LogP contribution in [0.25, 0.3) is 11.3 Å². The summed E-state index contributed by atoms with van der Waals surface area (Å²) in [7, 11) is 1.56. The summed E-state index contributed by atoms with van der Waals surface area (Å²) < 4.78 is 22.0. The molecule has 0 aliphatic rings. The van der Waals surface area contributed by atoms with Gasteiger partial charge in [0.1, 0.15) is 23.3 Å². The molecule has 6 aromatic rings. The van der Waals surface area contributed by atoms with E-state index in [9.17, 15) is 9.18 Å². The van der Waals surface area contributed by atoms with Gasteiger partial charge in [-0.3, -0.25) is 4.98 Å². The van der Waals surface area contributed by atoms with Gasteiger partial charge in [0.15, 0.2) is 0 Å². The molecule has 0 saturated heterocycles. The zero-order valence-electron chi connectivity index (χ0n) is 29.0. The topological polar surface area (TPSA) is 69.0 Å². The average Bonchev–Trinajstić information content (AvgIpc) is 3.54. The minimum atomic E-state index is -0.795. The molecule has 0 aliphatic carbocycles.